The van der Waals surface area contributed by atoms with Gasteiger partial charge in [-0.1, -0.05) is 36.4 Å². The molecule has 2 aromatic carbocycles. The molecule has 0 radical (unpaired) electrons. The fourth-order valence-electron chi connectivity index (χ4n) is 3.20. The van der Waals surface area contributed by atoms with Crippen molar-refractivity contribution in [1.29, 1.82) is 0 Å². The lowest BCUT2D eigenvalue weighted by Crippen LogP contribution is -2.46. The van der Waals surface area contributed by atoms with Gasteiger partial charge in [0.1, 0.15) is 5.75 Å². The van der Waals surface area contributed by atoms with Gasteiger partial charge in [-0.15, -0.1) is 0 Å². The summed E-state index contributed by atoms with van der Waals surface area (Å²) in [5, 5.41) is 2.94. The highest BCUT2D eigenvalue weighted by Gasteiger charge is 2.17. The van der Waals surface area contributed by atoms with Crippen LogP contribution in [-0.4, -0.2) is 55.5 Å². The van der Waals surface area contributed by atoms with Crippen molar-refractivity contribution in [3.63, 3.8) is 0 Å². The van der Waals surface area contributed by atoms with Crippen LogP contribution in [-0.2, 0) is 11.3 Å². The molecular weight excluding hydrogens is 326 g/mol. The number of benzene rings is 2. The summed E-state index contributed by atoms with van der Waals surface area (Å²) < 4.78 is 5.18. The zero-order chi connectivity index (χ0) is 18.2. The van der Waals surface area contributed by atoms with E-state index in [-0.39, 0.29) is 5.91 Å². The molecule has 1 aliphatic rings. The fraction of sp³-hybridized carbons (Fsp3) is 0.381. The first-order valence-electron chi connectivity index (χ1n) is 9.15. The van der Waals surface area contributed by atoms with E-state index in [0.717, 1.165) is 50.7 Å². The van der Waals surface area contributed by atoms with E-state index in [4.69, 9.17) is 4.74 Å². The summed E-state index contributed by atoms with van der Waals surface area (Å²) in [5.74, 6) is 0.794. The van der Waals surface area contributed by atoms with Gasteiger partial charge in [-0.25, -0.2) is 0 Å². The molecule has 3 rings (SSSR count). The summed E-state index contributed by atoms with van der Waals surface area (Å²) in [5.41, 5.74) is 2.14. The van der Waals surface area contributed by atoms with Crippen LogP contribution in [0.25, 0.3) is 0 Å². The first-order chi connectivity index (χ1) is 12.7. The van der Waals surface area contributed by atoms with Gasteiger partial charge in [0.25, 0.3) is 0 Å². The van der Waals surface area contributed by atoms with E-state index >= 15 is 0 Å². The summed E-state index contributed by atoms with van der Waals surface area (Å²) in [6.07, 6.45) is 0.510. The van der Waals surface area contributed by atoms with Crippen LogP contribution in [0.2, 0.25) is 0 Å². The predicted octanol–water partition coefficient (Wildman–Crippen LogP) is 2.84. The van der Waals surface area contributed by atoms with Crippen LogP contribution >= 0.6 is 0 Å². The Kier molecular flexibility index (Phi) is 6.63. The number of hydrogen-bond donors (Lipinski definition) is 1. The van der Waals surface area contributed by atoms with Crippen molar-refractivity contribution in [1.82, 2.24) is 9.80 Å². The van der Waals surface area contributed by atoms with Gasteiger partial charge in [0.05, 0.1) is 7.11 Å². The third-order valence-electron chi connectivity index (χ3n) is 4.72. The molecule has 0 spiro atoms. The molecule has 0 bridgehead atoms. The van der Waals surface area contributed by atoms with Gasteiger partial charge in [-0.3, -0.25) is 9.69 Å². The number of methoxy groups -OCH3 is 1. The number of hydrogen-bond acceptors (Lipinski definition) is 4. The lowest BCUT2D eigenvalue weighted by Gasteiger charge is -2.34. The van der Waals surface area contributed by atoms with Crippen molar-refractivity contribution in [2.24, 2.45) is 0 Å². The molecule has 1 amide bonds. The van der Waals surface area contributed by atoms with Crippen LogP contribution < -0.4 is 10.1 Å². The van der Waals surface area contributed by atoms with Crippen molar-refractivity contribution < 1.29 is 9.53 Å². The Morgan fingerprint density at radius 3 is 2.46 bits per heavy atom. The summed E-state index contributed by atoms with van der Waals surface area (Å²) in [6.45, 7) is 5.93. The summed E-state index contributed by atoms with van der Waals surface area (Å²) in [4.78, 5) is 17.0. The van der Waals surface area contributed by atoms with Crippen LogP contribution in [0.4, 0.5) is 5.69 Å². The van der Waals surface area contributed by atoms with Gasteiger partial charge in [0.15, 0.2) is 0 Å². The second-order valence-corrected chi connectivity index (χ2v) is 6.63. The van der Waals surface area contributed by atoms with Crippen molar-refractivity contribution in [3.8, 4) is 5.75 Å². The van der Waals surface area contributed by atoms with E-state index in [1.165, 1.54) is 5.56 Å². The lowest BCUT2D eigenvalue weighted by molar-refractivity contribution is -0.116. The molecular formula is C21H27N3O2. The molecule has 26 heavy (non-hydrogen) atoms. The predicted molar refractivity (Wildman–Crippen MR) is 104 cm³/mol. The molecule has 0 aromatic heterocycles. The molecule has 2 aromatic rings. The Hall–Kier alpha value is -2.37. The minimum atomic E-state index is 0.0463. The van der Waals surface area contributed by atoms with E-state index < -0.39 is 0 Å². The number of nitrogens with zero attached hydrogens (tertiary/aromatic N) is 2. The van der Waals surface area contributed by atoms with Gasteiger partial charge >= 0.3 is 0 Å². The highest BCUT2D eigenvalue weighted by atomic mass is 16.5. The minimum Gasteiger partial charge on any atom is -0.497 e. The van der Waals surface area contributed by atoms with Gasteiger partial charge in [-0.05, 0) is 17.7 Å². The Labute approximate surface area is 155 Å². The number of piperazine rings is 1. The van der Waals surface area contributed by atoms with Crippen molar-refractivity contribution in [2.45, 2.75) is 13.0 Å². The second-order valence-electron chi connectivity index (χ2n) is 6.63. The zero-order valence-electron chi connectivity index (χ0n) is 15.4. The number of nitrogens with one attached hydrogen (secondary N) is 1. The largest absolute Gasteiger partial charge is 0.497 e. The van der Waals surface area contributed by atoms with E-state index in [2.05, 4.69) is 45.4 Å². The third kappa shape index (κ3) is 5.58. The van der Waals surface area contributed by atoms with Crippen LogP contribution in [0.3, 0.4) is 0 Å². The normalized spacial score (nSPS) is 15.6. The van der Waals surface area contributed by atoms with E-state index in [9.17, 15) is 4.79 Å². The van der Waals surface area contributed by atoms with Gasteiger partial charge < -0.3 is 15.0 Å². The quantitative estimate of drug-likeness (QED) is 0.831. The molecule has 1 aliphatic heterocycles. The van der Waals surface area contributed by atoms with Gasteiger partial charge in [-0.2, -0.15) is 0 Å². The SMILES string of the molecule is COc1cccc(NC(=O)CCN2CCN(Cc3ccccc3)CC2)c1. The molecule has 0 aliphatic carbocycles. The Morgan fingerprint density at radius 2 is 1.73 bits per heavy atom. The lowest BCUT2D eigenvalue weighted by atomic mass is 10.2. The highest BCUT2D eigenvalue weighted by Crippen LogP contribution is 2.17. The topological polar surface area (TPSA) is 44.8 Å². The van der Waals surface area contributed by atoms with E-state index in [0.29, 0.717) is 6.42 Å². The second kappa shape index (κ2) is 9.36. The van der Waals surface area contributed by atoms with Gasteiger partial charge in [0.2, 0.25) is 5.91 Å². The molecule has 1 heterocycles. The maximum absolute atomic E-state index is 12.2. The molecule has 5 nitrogen and oxygen atoms in total. The number of ether oxygens (including phenoxy) is 1. The molecule has 0 atom stereocenters. The summed E-state index contributed by atoms with van der Waals surface area (Å²) in [6, 6.07) is 18.0. The standard InChI is InChI=1S/C21H27N3O2/c1-26-20-9-5-8-19(16-20)22-21(25)10-11-23-12-14-24(15-13-23)17-18-6-3-2-4-7-18/h2-9,16H,10-15,17H2,1H3,(H,22,25). The molecule has 1 N–H and O–H groups in total. The maximum atomic E-state index is 12.2. The number of carbonyl (C=O) groups excluding carboxylic acids is 1. The monoisotopic (exact) mass is 353 g/mol. The summed E-state index contributed by atoms with van der Waals surface area (Å²) in [7, 11) is 1.62. The van der Waals surface area contributed by atoms with Crippen molar-refractivity contribution in [3.05, 3.63) is 60.2 Å². The maximum Gasteiger partial charge on any atom is 0.225 e. The Balaban J connectivity index is 1.37. The fourth-order valence-corrected chi connectivity index (χ4v) is 3.20. The molecule has 0 saturated carbocycles. The Morgan fingerprint density at radius 1 is 1.00 bits per heavy atom. The Bertz CT molecular complexity index is 697. The van der Waals surface area contributed by atoms with Crippen molar-refractivity contribution >= 4 is 11.6 Å². The molecule has 5 heteroatoms. The van der Waals surface area contributed by atoms with E-state index in [1.54, 1.807) is 7.11 Å². The average Bonchev–Trinajstić information content (AvgIpc) is 2.68. The van der Waals surface area contributed by atoms with Crippen molar-refractivity contribution in [2.75, 3.05) is 45.2 Å². The molecule has 0 unspecified atom stereocenters. The van der Waals surface area contributed by atoms with Crippen LogP contribution in [0.1, 0.15) is 12.0 Å². The van der Waals surface area contributed by atoms with Crippen LogP contribution in [0.5, 0.6) is 5.75 Å². The highest BCUT2D eigenvalue weighted by molar-refractivity contribution is 5.91. The first-order valence-corrected chi connectivity index (χ1v) is 9.15. The molecule has 1 saturated heterocycles. The number of amides is 1. The average molecular weight is 353 g/mol. The van der Waals surface area contributed by atoms with E-state index in [1.807, 2.05) is 24.3 Å². The first kappa shape index (κ1) is 18.4. The van der Waals surface area contributed by atoms with Crippen LogP contribution in [0.15, 0.2) is 54.6 Å². The third-order valence-corrected chi connectivity index (χ3v) is 4.72. The zero-order valence-corrected chi connectivity index (χ0v) is 15.4. The smallest absolute Gasteiger partial charge is 0.225 e. The van der Waals surface area contributed by atoms with Crippen LogP contribution in [0, 0.1) is 0 Å². The van der Waals surface area contributed by atoms with Gasteiger partial charge in [0, 0.05) is 57.4 Å². The number of anilines is 1. The summed E-state index contributed by atoms with van der Waals surface area (Å²) >= 11 is 0. The minimum absolute atomic E-state index is 0.0463. The molecule has 1 fully saturated rings. The number of carbonyl (C=O) groups is 1. The number of rotatable bonds is 7. The molecule has 138 valence electrons.